The molecule has 0 aromatic rings. The Kier molecular flexibility index (Phi) is 7.45. The minimum Gasteiger partial charge on any atom is -0.393 e. The van der Waals surface area contributed by atoms with Crippen LogP contribution in [0.1, 0.15) is 26.7 Å². The summed E-state index contributed by atoms with van der Waals surface area (Å²) in [5.41, 5.74) is 0. The molecule has 0 aliphatic rings. The Morgan fingerprint density at radius 3 is 2.58 bits per heavy atom. The maximum atomic E-state index is 8.95. The third kappa shape index (κ3) is 7.98. The Hall–Kier alpha value is -0.120. The first-order chi connectivity index (χ1) is 5.66. The molecule has 0 heterocycles. The molecule has 74 valence electrons. The normalized spacial score (nSPS) is 16.0. The van der Waals surface area contributed by atoms with Crippen molar-refractivity contribution in [3.05, 3.63) is 0 Å². The van der Waals surface area contributed by atoms with E-state index in [1.165, 1.54) is 0 Å². The van der Waals surface area contributed by atoms with Gasteiger partial charge in [0.05, 0.1) is 12.2 Å². The van der Waals surface area contributed by atoms with E-state index < -0.39 is 0 Å². The lowest BCUT2D eigenvalue weighted by molar-refractivity contribution is 0.116. The third-order valence-electron chi connectivity index (χ3n) is 1.81. The van der Waals surface area contributed by atoms with Gasteiger partial charge in [0.1, 0.15) is 0 Å². The summed E-state index contributed by atoms with van der Waals surface area (Å²) in [7, 11) is 1.71. The van der Waals surface area contributed by atoms with Crippen molar-refractivity contribution in [1.29, 1.82) is 0 Å². The smallest absolute Gasteiger partial charge is 0.0667 e. The summed E-state index contributed by atoms with van der Waals surface area (Å²) in [6.45, 7) is 5.69. The number of methoxy groups -OCH3 is 1. The predicted octanol–water partition coefficient (Wildman–Crippen LogP) is 0.772. The van der Waals surface area contributed by atoms with E-state index in [1.807, 2.05) is 13.8 Å². The van der Waals surface area contributed by atoms with Crippen molar-refractivity contribution in [2.75, 3.05) is 20.2 Å². The van der Waals surface area contributed by atoms with Crippen LogP contribution in [0, 0.1) is 0 Å². The first-order valence-electron chi connectivity index (χ1n) is 4.58. The molecule has 0 saturated heterocycles. The zero-order chi connectivity index (χ0) is 9.40. The number of nitrogens with one attached hydrogen (secondary N) is 1. The number of hydrogen-bond acceptors (Lipinski definition) is 3. The lowest BCUT2D eigenvalue weighted by Gasteiger charge is -2.10. The minimum atomic E-state index is -0.174. The molecule has 0 bridgehead atoms. The first kappa shape index (κ1) is 11.9. The number of aliphatic hydroxyl groups excluding tert-OH is 1. The molecule has 0 rings (SSSR count). The van der Waals surface area contributed by atoms with Crippen molar-refractivity contribution >= 4 is 0 Å². The highest BCUT2D eigenvalue weighted by Crippen LogP contribution is 1.93. The molecule has 0 radical (unpaired) electrons. The summed E-state index contributed by atoms with van der Waals surface area (Å²) in [5, 5.41) is 12.2. The van der Waals surface area contributed by atoms with E-state index in [2.05, 4.69) is 5.32 Å². The Bertz CT molecular complexity index is 96.5. The highest BCUT2D eigenvalue weighted by atomic mass is 16.5. The standard InChI is InChI=1S/C9H21NO2/c1-8(11)5-4-6-10-7-9(2)12-3/h8-11H,4-7H2,1-3H3. The molecule has 2 atom stereocenters. The quantitative estimate of drug-likeness (QED) is 0.562. The molecule has 0 saturated carbocycles. The lowest BCUT2D eigenvalue weighted by Crippen LogP contribution is -2.27. The van der Waals surface area contributed by atoms with Crippen molar-refractivity contribution in [3.8, 4) is 0 Å². The zero-order valence-electron chi connectivity index (χ0n) is 8.34. The van der Waals surface area contributed by atoms with E-state index in [0.29, 0.717) is 0 Å². The SMILES string of the molecule is COC(C)CNCCCC(C)O. The predicted molar refractivity (Wildman–Crippen MR) is 50.3 cm³/mol. The van der Waals surface area contributed by atoms with Crippen LogP contribution in [0.3, 0.4) is 0 Å². The fourth-order valence-electron chi connectivity index (χ4n) is 0.911. The molecule has 0 spiro atoms. The van der Waals surface area contributed by atoms with E-state index in [1.54, 1.807) is 7.11 Å². The maximum Gasteiger partial charge on any atom is 0.0667 e. The van der Waals surface area contributed by atoms with Gasteiger partial charge in [-0.05, 0) is 33.2 Å². The monoisotopic (exact) mass is 175 g/mol. The topological polar surface area (TPSA) is 41.5 Å². The van der Waals surface area contributed by atoms with Gasteiger partial charge in [-0.1, -0.05) is 0 Å². The first-order valence-corrected chi connectivity index (χ1v) is 4.58. The van der Waals surface area contributed by atoms with Gasteiger partial charge in [0.15, 0.2) is 0 Å². The second-order valence-electron chi connectivity index (χ2n) is 3.24. The minimum absolute atomic E-state index is 0.174. The Morgan fingerprint density at radius 2 is 2.08 bits per heavy atom. The van der Waals surface area contributed by atoms with Crippen LogP contribution in [0.15, 0.2) is 0 Å². The number of rotatable bonds is 7. The van der Waals surface area contributed by atoms with Gasteiger partial charge >= 0.3 is 0 Å². The van der Waals surface area contributed by atoms with Crippen LogP contribution in [-0.2, 0) is 4.74 Å². The molecule has 0 aromatic carbocycles. The molecule has 2 unspecified atom stereocenters. The van der Waals surface area contributed by atoms with Crippen LogP contribution < -0.4 is 5.32 Å². The summed E-state index contributed by atoms with van der Waals surface area (Å²) >= 11 is 0. The highest BCUT2D eigenvalue weighted by molar-refractivity contribution is 4.56. The van der Waals surface area contributed by atoms with Crippen LogP contribution in [-0.4, -0.2) is 37.5 Å². The fourth-order valence-corrected chi connectivity index (χ4v) is 0.911. The van der Waals surface area contributed by atoms with E-state index in [0.717, 1.165) is 25.9 Å². The number of ether oxygens (including phenoxy) is 1. The van der Waals surface area contributed by atoms with Crippen LogP contribution in [0.5, 0.6) is 0 Å². The molecule has 0 aromatic heterocycles. The van der Waals surface area contributed by atoms with Gasteiger partial charge < -0.3 is 15.2 Å². The van der Waals surface area contributed by atoms with Gasteiger partial charge in [-0.3, -0.25) is 0 Å². The molecule has 0 aliphatic heterocycles. The average molecular weight is 175 g/mol. The van der Waals surface area contributed by atoms with Gasteiger partial charge in [-0.15, -0.1) is 0 Å². The summed E-state index contributed by atoms with van der Waals surface area (Å²) in [6.07, 6.45) is 1.99. The van der Waals surface area contributed by atoms with Gasteiger partial charge in [-0.2, -0.15) is 0 Å². The van der Waals surface area contributed by atoms with Crippen molar-refractivity contribution in [1.82, 2.24) is 5.32 Å². The summed E-state index contributed by atoms with van der Waals surface area (Å²) in [5.74, 6) is 0. The molecule has 12 heavy (non-hydrogen) atoms. The lowest BCUT2D eigenvalue weighted by atomic mass is 10.2. The molecule has 0 aliphatic carbocycles. The molecule has 3 nitrogen and oxygen atoms in total. The van der Waals surface area contributed by atoms with Gasteiger partial charge in [0.25, 0.3) is 0 Å². The van der Waals surface area contributed by atoms with Crippen molar-refractivity contribution in [3.63, 3.8) is 0 Å². The summed E-state index contributed by atoms with van der Waals surface area (Å²) in [6, 6.07) is 0. The van der Waals surface area contributed by atoms with Crippen LogP contribution in [0.4, 0.5) is 0 Å². The van der Waals surface area contributed by atoms with Gasteiger partial charge in [0, 0.05) is 13.7 Å². The molecule has 0 fully saturated rings. The van der Waals surface area contributed by atoms with E-state index >= 15 is 0 Å². The Balaban J connectivity index is 3.00. The summed E-state index contributed by atoms with van der Waals surface area (Å²) < 4.78 is 5.07. The van der Waals surface area contributed by atoms with Crippen molar-refractivity contribution < 1.29 is 9.84 Å². The highest BCUT2D eigenvalue weighted by Gasteiger charge is 1.98. The Labute approximate surface area is 75.1 Å². The van der Waals surface area contributed by atoms with E-state index in [-0.39, 0.29) is 12.2 Å². The maximum absolute atomic E-state index is 8.95. The Morgan fingerprint density at radius 1 is 1.42 bits per heavy atom. The molecule has 0 amide bonds. The van der Waals surface area contributed by atoms with E-state index in [9.17, 15) is 0 Å². The average Bonchev–Trinajstić information content (AvgIpc) is 2.03. The van der Waals surface area contributed by atoms with Crippen LogP contribution >= 0.6 is 0 Å². The summed E-state index contributed by atoms with van der Waals surface area (Å²) in [4.78, 5) is 0. The second-order valence-corrected chi connectivity index (χ2v) is 3.24. The molecule has 3 heteroatoms. The van der Waals surface area contributed by atoms with Crippen LogP contribution in [0.25, 0.3) is 0 Å². The number of hydrogen-bond donors (Lipinski definition) is 2. The fraction of sp³-hybridized carbons (Fsp3) is 1.00. The molecular formula is C9H21NO2. The zero-order valence-corrected chi connectivity index (χ0v) is 8.34. The molecule has 2 N–H and O–H groups in total. The third-order valence-corrected chi connectivity index (χ3v) is 1.81. The van der Waals surface area contributed by atoms with Gasteiger partial charge in [-0.25, -0.2) is 0 Å². The van der Waals surface area contributed by atoms with E-state index in [4.69, 9.17) is 9.84 Å². The molecular weight excluding hydrogens is 154 g/mol. The number of aliphatic hydroxyl groups is 1. The second kappa shape index (κ2) is 7.53. The van der Waals surface area contributed by atoms with Crippen molar-refractivity contribution in [2.24, 2.45) is 0 Å². The van der Waals surface area contributed by atoms with Gasteiger partial charge in [0.2, 0.25) is 0 Å². The largest absolute Gasteiger partial charge is 0.393 e. The van der Waals surface area contributed by atoms with Crippen molar-refractivity contribution in [2.45, 2.75) is 38.9 Å². The van der Waals surface area contributed by atoms with Crippen LogP contribution in [0.2, 0.25) is 0 Å².